The lowest BCUT2D eigenvalue weighted by Gasteiger charge is -2.14. The number of methoxy groups -OCH3 is 3. The minimum atomic E-state index is 0.0683. The number of halogens is 1. The predicted octanol–water partition coefficient (Wildman–Crippen LogP) is 3.77. The fourth-order valence-electron chi connectivity index (χ4n) is 3.05. The normalized spacial score (nSPS) is 11.7. The van der Waals surface area contributed by atoms with Crippen LogP contribution in [0.25, 0.3) is 10.9 Å². The molecule has 0 aliphatic carbocycles. The van der Waals surface area contributed by atoms with Crippen molar-refractivity contribution in [3.05, 3.63) is 35.1 Å². The van der Waals surface area contributed by atoms with Gasteiger partial charge in [0, 0.05) is 18.6 Å². The van der Waals surface area contributed by atoms with E-state index in [1.807, 2.05) is 0 Å². The van der Waals surface area contributed by atoms with Crippen LogP contribution < -0.4 is 24.3 Å². The Balaban J connectivity index is 1.79. The van der Waals surface area contributed by atoms with Crippen LogP contribution in [0.4, 0.5) is 11.5 Å². The third kappa shape index (κ3) is 3.61. The second-order valence-corrected chi connectivity index (χ2v) is 6.56. The van der Waals surface area contributed by atoms with E-state index < -0.39 is 0 Å². The lowest BCUT2D eigenvalue weighted by Crippen LogP contribution is -2.00. The van der Waals surface area contributed by atoms with Crippen LogP contribution in [0.15, 0.2) is 24.5 Å². The number of ether oxygens (including phenoxy) is 5. The zero-order valence-corrected chi connectivity index (χ0v) is 17.3. The Morgan fingerprint density at radius 1 is 1.07 bits per heavy atom. The van der Waals surface area contributed by atoms with Gasteiger partial charge >= 0.3 is 0 Å². The molecule has 0 fully saturated rings. The molecule has 30 heavy (non-hydrogen) atoms. The highest BCUT2D eigenvalue weighted by Gasteiger charge is 2.25. The van der Waals surface area contributed by atoms with Gasteiger partial charge in [0.05, 0.1) is 30.3 Å². The molecule has 1 aromatic heterocycles. The van der Waals surface area contributed by atoms with E-state index in [9.17, 15) is 0 Å². The minimum Gasteiger partial charge on any atom is -0.493 e. The number of aromatic nitrogens is 2. The van der Waals surface area contributed by atoms with Gasteiger partial charge in [-0.15, -0.1) is 0 Å². The molecule has 154 valence electrons. The molecule has 0 saturated carbocycles. The summed E-state index contributed by atoms with van der Waals surface area (Å²) in [6.07, 6.45) is 1.45. The van der Waals surface area contributed by atoms with Gasteiger partial charge in [0.15, 0.2) is 23.0 Å². The Morgan fingerprint density at radius 2 is 1.83 bits per heavy atom. The van der Waals surface area contributed by atoms with Crippen molar-refractivity contribution in [2.24, 2.45) is 0 Å². The van der Waals surface area contributed by atoms with E-state index in [0.29, 0.717) is 57.2 Å². The number of anilines is 2. The first-order chi connectivity index (χ1) is 14.7. The average Bonchev–Trinajstić information content (AvgIpc) is 3.25. The molecule has 2 heterocycles. The first-order valence-corrected chi connectivity index (χ1v) is 9.27. The molecule has 0 radical (unpaired) electrons. The van der Waals surface area contributed by atoms with Gasteiger partial charge in [0.2, 0.25) is 6.79 Å². The molecule has 0 spiro atoms. The van der Waals surface area contributed by atoms with Gasteiger partial charge in [-0.2, -0.15) is 0 Å². The minimum absolute atomic E-state index is 0.0683. The third-order valence-corrected chi connectivity index (χ3v) is 4.72. The van der Waals surface area contributed by atoms with E-state index in [1.54, 1.807) is 39.5 Å². The Hall–Kier alpha value is -3.41. The van der Waals surface area contributed by atoms with Gasteiger partial charge in [-0.25, -0.2) is 9.97 Å². The van der Waals surface area contributed by atoms with Gasteiger partial charge in [-0.05, 0) is 12.1 Å². The Morgan fingerprint density at radius 3 is 2.60 bits per heavy atom. The lowest BCUT2D eigenvalue weighted by atomic mass is 10.1. The number of nitrogens with zero attached hydrogens (tertiary/aromatic N) is 2. The summed E-state index contributed by atoms with van der Waals surface area (Å²) in [5.41, 5.74) is 1.82. The van der Waals surface area contributed by atoms with Crippen molar-refractivity contribution < 1.29 is 23.7 Å². The van der Waals surface area contributed by atoms with Crippen LogP contribution in [0.1, 0.15) is 5.56 Å². The maximum absolute atomic E-state index is 6.55. The summed E-state index contributed by atoms with van der Waals surface area (Å²) in [4.78, 5) is 8.68. The van der Waals surface area contributed by atoms with Crippen LogP contribution in [0, 0.1) is 11.8 Å². The second-order valence-electron chi connectivity index (χ2n) is 6.15. The van der Waals surface area contributed by atoms with Crippen LogP contribution in [0.2, 0.25) is 5.02 Å². The first-order valence-electron chi connectivity index (χ1n) is 8.90. The van der Waals surface area contributed by atoms with Crippen molar-refractivity contribution in [3.8, 4) is 34.8 Å². The largest absolute Gasteiger partial charge is 0.493 e. The molecular formula is C21H18ClN3O5. The Bertz CT molecular complexity index is 1170. The van der Waals surface area contributed by atoms with E-state index >= 15 is 0 Å². The Labute approximate surface area is 178 Å². The second kappa shape index (κ2) is 8.53. The van der Waals surface area contributed by atoms with Crippen LogP contribution in [-0.4, -0.2) is 44.7 Å². The summed E-state index contributed by atoms with van der Waals surface area (Å²) in [5, 5.41) is 4.38. The summed E-state index contributed by atoms with van der Waals surface area (Å²) in [6.45, 7) is 0.365. The summed E-state index contributed by atoms with van der Waals surface area (Å²) in [5.74, 6) is 8.52. The molecule has 0 unspecified atom stereocenters. The molecule has 1 N–H and O–H groups in total. The zero-order chi connectivity index (χ0) is 21.1. The van der Waals surface area contributed by atoms with Crippen molar-refractivity contribution in [2.75, 3.05) is 40.0 Å². The smallest absolute Gasteiger partial charge is 0.231 e. The fraction of sp³-hybridized carbons (Fsp3) is 0.238. The van der Waals surface area contributed by atoms with E-state index in [-0.39, 0.29) is 6.79 Å². The molecule has 4 rings (SSSR count). The van der Waals surface area contributed by atoms with Gasteiger partial charge in [-0.3, -0.25) is 0 Å². The molecule has 0 amide bonds. The average molecular weight is 428 g/mol. The summed E-state index contributed by atoms with van der Waals surface area (Å²) < 4.78 is 27.0. The van der Waals surface area contributed by atoms with Crippen molar-refractivity contribution in [1.82, 2.24) is 9.97 Å². The van der Waals surface area contributed by atoms with Crippen molar-refractivity contribution in [1.29, 1.82) is 0 Å². The van der Waals surface area contributed by atoms with Gasteiger partial charge in [0.1, 0.15) is 24.4 Å². The number of rotatable bonds is 5. The van der Waals surface area contributed by atoms with Gasteiger partial charge in [-0.1, -0.05) is 23.4 Å². The SMILES string of the molecule is COCC#Cc1cc(Cl)c(Nc2ncnc3cc(OC)c(OC)cc23)c2c1OCO2. The van der Waals surface area contributed by atoms with E-state index in [1.165, 1.54) is 6.33 Å². The zero-order valence-electron chi connectivity index (χ0n) is 16.5. The standard InChI is InChI=1S/C21H18ClN3O5/c1-26-6-4-5-12-7-14(22)18(20-19(12)29-11-30-20)25-21-13-8-16(27-2)17(28-3)9-15(13)23-10-24-21/h7-10H,6,11H2,1-3H3,(H,23,24,25). The third-order valence-electron chi connectivity index (χ3n) is 4.42. The monoisotopic (exact) mass is 427 g/mol. The van der Waals surface area contributed by atoms with Crippen LogP contribution in [-0.2, 0) is 4.74 Å². The summed E-state index contributed by atoms with van der Waals surface area (Å²) in [7, 11) is 4.72. The summed E-state index contributed by atoms with van der Waals surface area (Å²) >= 11 is 6.55. The molecular weight excluding hydrogens is 410 g/mol. The van der Waals surface area contributed by atoms with Crippen molar-refractivity contribution in [2.45, 2.75) is 0 Å². The molecule has 1 aliphatic rings. The van der Waals surface area contributed by atoms with Crippen LogP contribution >= 0.6 is 11.6 Å². The highest BCUT2D eigenvalue weighted by Crippen LogP contribution is 2.47. The number of hydrogen-bond donors (Lipinski definition) is 1. The maximum Gasteiger partial charge on any atom is 0.231 e. The van der Waals surface area contributed by atoms with Crippen molar-refractivity contribution in [3.63, 3.8) is 0 Å². The first kappa shape index (κ1) is 19.9. The van der Waals surface area contributed by atoms with Crippen LogP contribution in [0.3, 0.4) is 0 Å². The quantitative estimate of drug-likeness (QED) is 0.616. The van der Waals surface area contributed by atoms with Gasteiger partial charge < -0.3 is 29.0 Å². The number of benzene rings is 2. The molecule has 1 aliphatic heterocycles. The molecule has 0 atom stereocenters. The molecule has 2 aromatic carbocycles. The number of hydrogen-bond acceptors (Lipinski definition) is 8. The van der Waals surface area contributed by atoms with E-state index in [4.69, 9.17) is 35.3 Å². The van der Waals surface area contributed by atoms with E-state index in [2.05, 4.69) is 27.1 Å². The Kier molecular flexibility index (Phi) is 5.65. The topological polar surface area (TPSA) is 84.0 Å². The molecule has 3 aromatic rings. The van der Waals surface area contributed by atoms with Crippen molar-refractivity contribution >= 4 is 34.0 Å². The lowest BCUT2D eigenvalue weighted by molar-refractivity contribution is 0.174. The maximum atomic E-state index is 6.55. The van der Waals surface area contributed by atoms with Crippen LogP contribution in [0.5, 0.6) is 23.0 Å². The predicted molar refractivity (Wildman–Crippen MR) is 112 cm³/mol. The number of nitrogens with one attached hydrogen (secondary N) is 1. The highest BCUT2D eigenvalue weighted by molar-refractivity contribution is 6.34. The molecule has 9 heteroatoms. The molecule has 0 saturated heterocycles. The summed E-state index contributed by atoms with van der Waals surface area (Å²) in [6, 6.07) is 5.29. The number of fused-ring (bicyclic) bond motifs is 2. The molecule has 0 bridgehead atoms. The highest BCUT2D eigenvalue weighted by atomic mass is 35.5. The van der Waals surface area contributed by atoms with E-state index in [0.717, 1.165) is 5.39 Å². The van der Waals surface area contributed by atoms with Gasteiger partial charge in [0.25, 0.3) is 0 Å². The fourth-order valence-corrected chi connectivity index (χ4v) is 3.29. The molecule has 8 nitrogen and oxygen atoms in total.